The van der Waals surface area contributed by atoms with Gasteiger partial charge in [-0.15, -0.1) is 0 Å². The van der Waals surface area contributed by atoms with Crippen LogP contribution < -0.4 is 4.74 Å². The molecule has 168 valence electrons. The molecule has 2 atom stereocenters. The van der Waals surface area contributed by atoms with Gasteiger partial charge in [0.1, 0.15) is 0 Å². The number of halogens is 2. The number of benzene rings is 3. The van der Waals surface area contributed by atoms with Gasteiger partial charge in [-0.3, -0.25) is 0 Å². The van der Waals surface area contributed by atoms with E-state index >= 15 is 0 Å². The molecule has 1 aliphatic carbocycles. The van der Waals surface area contributed by atoms with Crippen LogP contribution in [-0.2, 0) is 0 Å². The van der Waals surface area contributed by atoms with E-state index in [4.69, 9.17) is 4.74 Å². The van der Waals surface area contributed by atoms with E-state index in [1.165, 1.54) is 50.2 Å². The van der Waals surface area contributed by atoms with Gasteiger partial charge >= 0.3 is 0 Å². The van der Waals surface area contributed by atoms with E-state index in [0.717, 1.165) is 17.0 Å². The number of hydrogen-bond acceptors (Lipinski definition) is 1. The van der Waals surface area contributed by atoms with Gasteiger partial charge in [-0.25, -0.2) is 4.39 Å². The Morgan fingerprint density at radius 1 is 0.781 bits per heavy atom. The van der Waals surface area contributed by atoms with Crippen molar-refractivity contribution >= 4 is 0 Å². The number of rotatable bonds is 8. The van der Waals surface area contributed by atoms with Crippen molar-refractivity contribution in [3.05, 3.63) is 77.9 Å². The van der Waals surface area contributed by atoms with E-state index in [1.807, 2.05) is 24.3 Å². The van der Waals surface area contributed by atoms with Gasteiger partial charge in [0.25, 0.3) is 0 Å². The second kappa shape index (κ2) is 10.3. The van der Waals surface area contributed by atoms with Gasteiger partial charge < -0.3 is 4.74 Å². The first kappa shape index (κ1) is 22.5. The molecule has 0 aromatic heterocycles. The van der Waals surface area contributed by atoms with Crippen LogP contribution in [0.25, 0.3) is 22.3 Å². The average Bonchev–Trinajstić information content (AvgIpc) is 3.30. The third-order valence-electron chi connectivity index (χ3n) is 6.77. The highest BCUT2D eigenvalue weighted by molar-refractivity contribution is 5.71. The third kappa shape index (κ3) is 4.87. The van der Waals surface area contributed by atoms with Crippen molar-refractivity contribution in [1.82, 2.24) is 0 Å². The van der Waals surface area contributed by atoms with E-state index in [0.29, 0.717) is 18.1 Å². The molecule has 0 amide bonds. The van der Waals surface area contributed by atoms with Gasteiger partial charge in [0, 0.05) is 5.56 Å². The van der Waals surface area contributed by atoms with E-state index in [1.54, 1.807) is 13.0 Å². The molecule has 0 bridgehead atoms. The van der Waals surface area contributed by atoms with Crippen LogP contribution in [-0.4, -0.2) is 6.61 Å². The van der Waals surface area contributed by atoms with Crippen molar-refractivity contribution in [1.29, 1.82) is 0 Å². The standard InChI is InChI=1S/C29H32F2O/c1-3-5-6-20-7-8-25(19-20)23-11-9-21(10-12-23)22-13-15-24(16-14-22)26-17-18-27(32-4-2)29(31)28(26)30/h9-18,20,25H,3-8,19H2,1-2H3. The van der Waals surface area contributed by atoms with Crippen molar-refractivity contribution in [2.45, 2.75) is 58.3 Å². The molecule has 3 aromatic carbocycles. The van der Waals surface area contributed by atoms with Crippen LogP contribution in [0.4, 0.5) is 8.78 Å². The van der Waals surface area contributed by atoms with Crippen LogP contribution in [0.5, 0.6) is 5.75 Å². The van der Waals surface area contributed by atoms with Crippen LogP contribution in [0.3, 0.4) is 0 Å². The van der Waals surface area contributed by atoms with E-state index in [-0.39, 0.29) is 11.3 Å². The zero-order chi connectivity index (χ0) is 22.5. The van der Waals surface area contributed by atoms with Gasteiger partial charge in [0.05, 0.1) is 6.61 Å². The maximum atomic E-state index is 14.5. The Labute approximate surface area is 190 Å². The summed E-state index contributed by atoms with van der Waals surface area (Å²) in [5.41, 5.74) is 4.54. The Balaban J connectivity index is 1.46. The van der Waals surface area contributed by atoms with Crippen molar-refractivity contribution in [3.63, 3.8) is 0 Å². The molecule has 0 heterocycles. The van der Waals surface area contributed by atoms with Gasteiger partial charge in [0.15, 0.2) is 11.6 Å². The molecule has 0 aliphatic heterocycles. The van der Waals surface area contributed by atoms with Gasteiger partial charge in [-0.2, -0.15) is 4.39 Å². The molecule has 0 saturated heterocycles. The average molecular weight is 435 g/mol. The van der Waals surface area contributed by atoms with Crippen molar-refractivity contribution in [3.8, 4) is 28.0 Å². The predicted molar refractivity (Wildman–Crippen MR) is 128 cm³/mol. The molecule has 0 radical (unpaired) electrons. The number of hydrogen-bond donors (Lipinski definition) is 0. The molecular weight excluding hydrogens is 402 g/mol. The van der Waals surface area contributed by atoms with Crippen LogP contribution in [0.15, 0.2) is 60.7 Å². The Hall–Kier alpha value is -2.68. The lowest BCUT2D eigenvalue weighted by Gasteiger charge is -2.13. The fourth-order valence-electron chi connectivity index (χ4n) is 4.94. The molecule has 2 unspecified atom stereocenters. The molecule has 1 fully saturated rings. The molecule has 1 saturated carbocycles. The molecule has 1 aliphatic rings. The second-order valence-corrected chi connectivity index (χ2v) is 8.89. The summed E-state index contributed by atoms with van der Waals surface area (Å²) < 4.78 is 33.9. The first-order valence-electron chi connectivity index (χ1n) is 11.9. The molecule has 4 rings (SSSR count). The van der Waals surface area contributed by atoms with Crippen LogP contribution in [0, 0.1) is 17.6 Å². The Bertz CT molecular complexity index is 1020. The maximum Gasteiger partial charge on any atom is 0.201 e. The largest absolute Gasteiger partial charge is 0.491 e. The molecule has 0 N–H and O–H groups in total. The minimum atomic E-state index is -0.937. The van der Waals surface area contributed by atoms with E-state index < -0.39 is 11.6 Å². The SMILES string of the molecule is CCCCC1CCC(c2ccc(-c3ccc(-c4ccc(OCC)c(F)c4F)cc3)cc2)C1. The zero-order valence-electron chi connectivity index (χ0n) is 19.0. The maximum absolute atomic E-state index is 14.5. The van der Waals surface area contributed by atoms with Gasteiger partial charge in [-0.1, -0.05) is 74.7 Å². The van der Waals surface area contributed by atoms with E-state index in [2.05, 4.69) is 31.2 Å². The molecule has 1 nitrogen and oxygen atoms in total. The highest BCUT2D eigenvalue weighted by atomic mass is 19.2. The first-order chi connectivity index (χ1) is 15.6. The van der Waals surface area contributed by atoms with Gasteiger partial charge in [0.2, 0.25) is 5.82 Å². The molecule has 32 heavy (non-hydrogen) atoms. The van der Waals surface area contributed by atoms with E-state index in [9.17, 15) is 8.78 Å². The minimum absolute atomic E-state index is 0.0515. The topological polar surface area (TPSA) is 9.23 Å². The lowest BCUT2D eigenvalue weighted by Crippen LogP contribution is -1.98. The second-order valence-electron chi connectivity index (χ2n) is 8.89. The highest BCUT2D eigenvalue weighted by Gasteiger charge is 2.25. The van der Waals surface area contributed by atoms with Crippen LogP contribution >= 0.6 is 0 Å². The normalized spacial score (nSPS) is 18.1. The van der Waals surface area contributed by atoms with Crippen molar-refractivity contribution < 1.29 is 13.5 Å². The Morgan fingerprint density at radius 3 is 2.09 bits per heavy atom. The quantitative estimate of drug-likeness (QED) is 0.344. The van der Waals surface area contributed by atoms with Crippen molar-refractivity contribution in [2.24, 2.45) is 5.92 Å². The number of ether oxygens (including phenoxy) is 1. The molecule has 3 heteroatoms. The molecule has 0 spiro atoms. The smallest absolute Gasteiger partial charge is 0.201 e. The van der Waals surface area contributed by atoms with Crippen LogP contribution in [0.1, 0.15) is 63.9 Å². The summed E-state index contributed by atoms with van der Waals surface area (Å²) in [5, 5.41) is 0. The monoisotopic (exact) mass is 434 g/mol. The summed E-state index contributed by atoms with van der Waals surface area (Å²) in [6.07, 6.45) is 7.98. The molecular formula is C29H32F2O. The summed E-state index contributed by atoms with van der Waals surface area (Å²) in [7, 11) is 0. The fraction of sp³-hybridized carbons (Fsp3) is 0.379. The lowest BCUT2D eigenvalue weighted by atomic mass is 9.92. The first-order valence-corrected chi connectivity index (χ1v) is 11.9. The molecule has 3 aromatic rings. The van der Waals surface area contributed by atoms with Gasteiger partial charge in [-0.05, 0) is 72.4 Å². The fourth-order valence-corrected chi connectivity index (χ4v) is 4.94. The summed E-state index contributed by atoms with van der Waals surface area (Å²) in [6.45, 7) is 4.31. The Morgan fingerprint density at radius 2 is 1.44 bits per heavy atom. The van der Waals surface area contributed by atoms with Crippen LogP contribution in [0.2, 0.25) is 0 Å². The summed E-state index contributed by atoms with van der Waals surface area (Å²) in [5.74, 6) is -0.287. The summed E-state index contributed by atoms with van der Waals surface area (Å²) in [4.78, 5) is 0. The van der Waals surface area contributed by atoms with Crippen molar-refractivity contribution in [2.75, 3.05) is 6.61 Å². The highest BCUT2D eigenvalue weighted by Crippen LogP contribution is 2.41. The Kier molecular flexibility index (Phi) is 7.24. The zero-order valence-corrected chi connectivity index (χ0v) is 19.0. The lowest BCUT2D eigenvalue weighted by molar-refractivity contribution is 0.314. The summed E-state index contributed by atoms with van der Waals surface area (Å²) in [6, 6.07) is 19.6. The summed E-state index contributed by atoms with van der Waals surface area (Å²) >= 11 is 0. The third-order valence-corrected chi connectivity index (χ3v) is 6.77. The predicted octanol–water partition coefficient (Wildman–Crippen LogP) is 8.77. The number of unbranched alkanes of at least 4 members (excludes halogenated alkanes) is 1. The minimum Gasteiger partial charge on any atom is -0.491 e.